The van der Waals surface area contributed by atoms with Crippen molar-refractivity contribution in [2.24, 2.45) is 0 Å². The number of hydrogen-bond acceptors (Lipinski definition) is 2. The van der Waals surface area contributed by atoms with E-state index in [1.807, 2.05) is 31.2 Å². The van der Waals surface area contributed by atoms with Crippen LogP contribution in [0.4, 0.5) is 0 Å². The third-order valence-electron chi connectivity index (χ3n) is 4.64. The summed E-state index contributed by atoms with van der Waals surface area (Å²) < 4.78 is 5.52. The lowest BCUT2D eigenvalue weighted by molar-refractivity contribution is -0.901. The standard InChI is InChI=1S/C21H26N2O2/c1-17-5-4-6-20(13-17)25-16-21(24)22-14-18-7-9-19(10-8-18)15-23-11-2-3-12-23/h4-10,13H,2-3,11-12,14-16H2,1H3,(H,22,24)/p+1. The van der Waals surface area contributed by atoms with E-state index in [2.05, 4.69) is 29.6 Å². The second-order valence-corrected chi connectivity index (χ2v) is 6.83. The molecule has 132 valence electrons. The highest BCUT2D eigenvalue weighted by molar-refractivity contribution is 5.77. The summed E-state index contributed by atoms with van der Waals surface area (Å²) >= 11 is 0. The minimum Gasteiger partial charge on any atom is -0.484 e. The van der Waals surface area contributed by atoms with E-state index in [0.29, 0.717) is 6.54 Å². The van der Waals surface area contributed by atoms with Gasteiger partial charge in [0.2, 0.25) is 0 Å². The number of ether oxygens (including phenoxy) is 1. The van der Waals surface area contributed by atoms with Gasteiger partial charge in [-0.25, -0.2) is 0 Å². The average Bonchev–Trinajstić information content (AvgIpc) is 3.12. The number of aryl methyl sites for hydroxylation is 1. The molecule has 0 atom stereocenters. The summed E-state index contributed by atoms with van der Waals surface area (Å²) in [6.45, 7) is 6.27. The molecule has 4 nitrogen and oxygen atoms in total. The molecule has 1 heterocycles. The van der Waals surface area contributed by atoms with Crippen molar-refractivity contribution in [1.82, 2.24) is 5.32 Å². The van der Waals surface area contributed by atoms with Crippen molar-refractivity contribution >= 4 is 5.91 Å². The molecule has 1 fully saturated rings. The number of amides is 1. The van der Waals surface area contributed by atoms with Gasteiger partial charge in [-0.15, -0.1) is 0 Å². The summed E-state index contributed by atoms with van der Waals surface area (Å²) in [6, 6.07) is 16.3. The average molecular weight is 339 g/mol. The molecule has 2 N–H and O–H groups in total. The van der Waals surface area contributed by atoms with Gasteiger partial charge in [0.25, 0.3) is 5.91 Å². The van der Waals surface area contributed by atoms with Crippen LogP contribution in [0.3, 0.4) is 0 Å². The summed E-state index contributed by atoms with van der Waals surface area (Å²) in [5.74, 6) is 0.621. The number of benzene rings is 2. The fourth-order valence-electron chi connectivity index (χ4n) is 3.22. The van der Waals surface area contributed by atoms with Crippen LogP contribution in [0.2, 0.25) is 0 Å². The van der Waals surface area contributed by atoms with Crippen molar-refractivity contribution in [2.45, 2.75) is 32.9 Å². The number of nitrogens with one attached hydrogen (secondary N) is 2. The highest BCUT2D eigenvalue weighted by Gasteiger charge is 2.15. The summed E-state index contributed by atoms with van der Waals surface area (Å²) in [7, 11) is 0. The number of quaternary nitrogens is 1. The first kappa shape index (κ1) is 17.5. The highest BCUT2D eigenvalue weighted by Crippen LogP contribution is 2.12. The minimum absolute atomic E-state index is 0.0415. The van der Waals surface area contributed by atoms with Crippen molar-refractivity contribution in [2.75, 3.05) is 19.7 Å². The Balaban J connectivity index is 1.40. The third kappa shape index (κ3) is 5.61. The number of hydrogen-bond donors (Lipinski definition) is 2. The number of likely N-dealkylation sites (tertiary alicyclic amines) is 1. The van der Waals surface area contributed by atoms with E-state index in [9.17, 15) is 4.79 Å². The van der Waals surface area contributed by atoms with Gasteiger partial charge in [-0.2, -0.15) is 0 Å². The van der Waals surface area contributed by atoms with Gasteiger partial charge in [-0.3, -0.25) is 4.79 Å². The van der Waals surface area contributed by atoms with E-state index in [1.165, 1.54) is 31.5 Å². The van der Waals surface area contributed by atoms with Gasteiger partial charge in [-0.05, 0) is 30.2 Å². The molecule has 0 spiro atoms. The topological polar surface area (TPSA) is 42.8 Å². The maximum Gasteiger partial charge on any atom is 0.258 e. The van der Waals surface area contributed by atoms with Crippen molar-refractivity contribution < 1.29 is 14.4 Å². The summed E-state index contributed by atoms with van der Waals surface area (Å²) in [6.07, 6.45) is 2.70. The molecule has 0 radical (unpaired) electrons. The van der Waals surface area contributed by atoms with Gasteiger partial charge >= 0.3 is 0 Å². The van der Waals surface area contributed by atoms with Crippen LogP contribution < -0.4 is 15.0 Å². The van der Waals surface area contributed by atoms with Crippen LogP contribution in [0.15, 0.2) is 48.5 Å². The molecular weight excluding hydrogens is 312 g/mol. The zero-order chi connectivity index (χ0) is 17.5. The summed E-state index contributed by atoms with van der Waals surface area (Å²) in [5.41, 5.74) is 3.60. The van der Waals surface area contributed by atoms with E-state index >= 15 is 0 Å². The second kappa shape index (κ2) is 8.67. The summed E-state index contributed by atoms with van der Waals surface area (Å²) in [5, 5.41) is 2.91. The van der Waals surface area contributed by atoms with Crippen LogP contribution in [0.5, 0.6) is 5.75 Å². The van der Waals surface area contributed by atoms with Gasteiger partial charge in [0.1, 0.15) is 12.3 Å². The first-order valence-electron chi connectivity index (χ1n) is 9.06. The Labute approximate surface area is 149 Å². The number of rotatable bonds is 7. The van der Waals surface area contributed by atoms with E-state index in [4.69, 9.17) is 4.74 Å². The lowest BCUT2D eigenvalue weighted by atomic mass is 10.1. The van der Waals surface area contributed by atoms with Crippen LogP contribution in [0.1, 0.15) is 29.5 Å². The molecule has 0 unspecified atom stereocenters. The Kier molecular flexibility index (Phi) is 6.07. The lowest BCUT2D eigenvalue weighted by Crippen LogP contribution is -3.08. The molecule has 0 aliphatic carbocycles. The smallest absolute Gasteiger partial charge is 0.258 e. The van der Waals surface area contributed by atoms with Gasteiger partial charge in [-0.1, -0.05) is 36.4 Å². The van der Waals surface area contributed by atoms with Crippen molar-refractivity contribution in [3.8, 4) is 5.75 Å². The van der Waals surface area contributed by atoms with Crippen LogP contribution in [-0.4, -0.2) is 25.6 Å². The molecule has 1 amide bonds. The number of carbonyl (C=O) groups excluding carboxylic acids is 1. The molecule has 0 aromatic heterocycles. The van der Waals surface area contributed by atoms with Gasteiger partial charge < -0.3 is 15.0 Å². The minimum atomic E-state index is -0.105. The molecule has 0 saturated carbocycles. The Morgan fingerprint density at radius 2 is 1.80 bits per heavy atom. The molecule has 1 saturated heterocycles. The Morgan fingerprint density at radius 1 is 1.08 bits per heavy atom. The zero-order valence-electron chi connectivity index (χ0n) is 14.9. The maximum absolute atomic E-state index is 11.9. The fraction of sp³-hybridized carbons (Fsp3) is 0.381. The van der Waals surface area contributed by atoms with Crippen molar-refractivity contribution in [1.29, 1.82) is 0 Å². The molecule has 25 heavy (non-hydrogen) atoms. The molecule has 4 heteroatoms. The Morgan fingerprint density at radius 3 is 2.52 bits per heavy atom. The molecule has 3 rings (SSSR count). The van der Waals surface area contributed by atoms with Gasteiger partial charge in [0, 0.05) is 24.9 Å². The zero-order valence-corrected chi connectivity index (χ0v) is 14.9. The molecular formula is C21H27N2O2+. The molecule has 1 aliphatic heterocycles. The first-order valence-corrected chi connectivity index (χ1v) is 9.06. The van der Waals surface area contributed by atoms with E-state index in [-0.39, 0.29) is 12.5 Å². The number of carbonyl (C=O) groups is 1. The van der Waals surface area contributed by atoms with Gasteiger partial charge in [0.05, 0.1) is 13.1 Å². The van der Waals surface area contributed by atoms with Crippen LogP contribution in [-0.2, 0) is 17.9 Å². The lowest BCUT2D eigenvalue weighted by Gasteiger charge is -2.12. The van der Waals surface area contributed by atoms with Crippen LogP contribution >= 0.6 is 0 Å². The van der Waals surface area contributed by atoms with Gasteiger partial charge in [0.15, 0.2) is 6.61 Å². The van der Waals surface area contributed by atoms with Crippen molar-refractivity contribution in [3.05, 3.63) is 65.2 Å². The normalized spacial score (nSPS) is 14.4. The van der Waals surface area contributed by atoms with E-state index < -0.39 is 0 Å². The predicted octanol–water partition coefficient (Wildman–Crippen LogP) is 1.87. The third-order valence-corrected chi connectivity index (χ3v) is 4.64. The molecule has 1 aliphatic rings. The highest BCUT2D eigenvalue weighted by atomic mass is 16.5. The SMILES string of the molecule is Cc1cccc(OCC(=O)NCc2ccc(C[NH+]3CCCC3)cc2)c1. The van der Waals surface area contributed by atoms with Crippen LogP contribution in [0.25, 0.3) is 0 Å². The van der Waals surface area contributed by atoms with E-state index in [0.717, 1.165) is 23.4 Å². The first-order chi connectivity index (χ1) is 12.2. The predicted molar refractivity (Wildman–Crippen MR) is 98.6 cm³/mol. The fourth-order valence-corrected chi connectivity index (χ4v) is 3.22. The van der Waals surface area contributed by atoms with Crippen molar-refractivity contribution in [3.63, 3.8) is 0 Å². The Bertz CT molecular complexity index is 691. The van der Waals surface area contributed by atoms with E-state index in [1.54, 1.807) is 4.90 Å². The molecule has 2 aromatic rings. The summed E-state index contributed by atoms with van der Waals surface area (Å²) in [4.78, 5) is 13.6. The molecule has 2 aromatic carbocycles. The quantitative estimate of drug-likeness (QED) is 0.809. The largest absolute Gasteiger partial charge is 0.484 e. The molecule has 0 bridgehead atoms. The Hall–Kier alpha value is -2.33. The maximum atomic E-state index is 11.9. The van der Waals surface area contributed by atoms with Crippen LogP contribution in [0, 0.1) is 6.92 Å². The second-order valence-electron chi connectivity index (χ2n) is 6.83. The monoisotopic (exact) mass is 339 g/mol.